The van der Waals surface area contributed by atoms with Crippen LogP contribution in [0.25, 0.3) is 0 Å². The van der Waals surface area contributed by atoms with E-state index in [1.807, 2.05) is 19.1 Å². The molecule has 1 heterocycles. The molecule has 4 nitrogen and oxygen atoms in total. The van der Waals surface area contributed by atoms with E-state index in [0.717, 1.165) is 28.9 Å². The number of hydrogen-bond acceptors (Lipinski definition) is 5. The van der Waals surface area contributed by atoms with Crippen molar-refractivity contribution in [1.29, 1.82) is 0 Å². The van der Waals surface area contributed by atoms with E-state index in [0.29, 0.717) is 6.61 Å². The van der Waals surface area contributed by atoms with Crippen LogP contribution in [-0.2, 0) is 13.0 Å². The predicted octanol–water partition coefficient (Wildman–Crippen LogP) is 3.11. The van der Waals surface area contributed by atoms with Crippen LogP contribution < -0.4 is 10.1 Å². The fourth-order valence-electron chi connectivity index (χ4n) is 1.50. The number of anilines is 1. The molecule has 0 bridgehead atoms. The van der Waals surface area contributed by atoms with Gasteiger partial charge in [-0.05, 0) is 31.0 Å². The van der Waals surface area contributed by atoms with Crippen LogP contribution in [0.15, 0.2) is 24.3 Å². The lowest BCUT2D eigenvalue weighted by Crippen LogP contribution is -1.95. The second-order valence-electron chi connectivity index (χ2n) is 3.82. The summed E-state index contributed by atoms with van der Waals surface area (Å²) in [4.78, 5) is 0. The molecule has 2 aromatic rings. The van der Waals surface area contributed by atoms with Crippen LogP contribution in [0.1, 0.15) is 24.4 Å². The van der Waals surface area contributed by atoms with Crippen molar-refractivity contribution in [3.8, 4) is 5.75 Å². The molecule has 0 aliphatic carbocycles. The molecule has 5 heteroatoms. The Morgan fingerprint density at radius 2 is 1.94 bits per heavy atom. The summed E-state index contributed by atoms with van der Waals surface area (Å²) in [7, 11) is 0. The summed E-state index contributed by atoms with van der Waals surface area (Å²) in [6, 6.07) is 8.15. The maximum atomic E-state index is 5.66. The van der Waals surface area contributed by atoms with Gasteiger partial charge in [-0.1, -0.05) is 30.4 Å². The highest BCUT2D eigenvalue weighted by Crippen LogP contribution is 2.18. The molecule has 0 amide bonds. The maximum absolute atomic E-state index is 5.66. The quantitative estimate of drug-likeness (QED) is 0.870. The second kappa shape index (κ2) is 6.35. The lowest BCUT2D eigenvalue weighted by molar-refractivity contribution is 0.304. The predicted molar refractivity (Wildman–Crippen MR) is 74.2 cm³/mol. The third-order valence-corrected chi connectivity index (χ3v) is 3.34. The van der Waals surface area contributed by atoms with Crippen LogP contribution >= 0.6 is 11.3 Å². The number of aromatic nitrogens is 2. The smallest absolute Gasteiger partial charge is 0.205 e. The minimum atomic E-state index is 0.467. The number of nitrogens with one attached hydrogen (secondary N) is 1. The van der Waals surface area contributed by atoms with Crippen LogP contribution in [-0.4, -0.2) is 16.7 Å². The lowest BCUT2D eigenvalue weighted by atomic mass is 10.2. The van der Waals surface area contributed by atoms with Gasteiger partial charge >= 0.3 is 0 Å². The zero-order chi connectivity index (χ0) is 12.8. The van der Waals surface area contributed by atoms with Crippen molar-refractivity contribution in [2.24, 2.45) is 0 Å². The van der Waals surface area contributed by atoms with Gasteiger partial charge in [0, 0.05) is 6.54 Å². The number of aryl methyl sites for hydroxylation is 1. The van der Waals surface area contributed by atoms with Gasteiger partial charge in [-0.2, -0.15) is 0 Å². The first-order valence-electron chi connectivity index (χ1n) is 6.09. The van der Waals surface area contributed by atoms with Crippen molar-refractivity contribution < 1.29 is 4.74 Å². The molecule has 96 valence electrons. The summed E-state index contributed by atoms with van der Waals surface area (Å²) in [5.74, 6) is 0.868. The van der Waals surface area contributed by atoms with E-state index in [1.54, 1.807) is 0 Å². The SMILES string of the molecule is CCNc1nnc(COc2ccc(CC)cc2)s1. The van der Waals surface area contributed by atoms with Gasteiger partial charge in [0.05, 0.1) is 0 Å². The highest BCUT2D eigenvalue weighted by Gasteiger charge is 2.03. The molecule has 1 aromatic heterocycles. The Labute approximate surface area is 111 Å². The summed E-state index contributed by atoms with van der Waals surface area (Å²) in [5.41, 5.74) is 1.31. The zero-order valence-corrected chi connectivity index (χ0v) is 11.5. The van der Waals surface area contributed by atoms with E-state index in [1.165, 1.54) is 16.9 Å². The first kappa shape index (κ1) is 12.8. The molecule has 1 N–H and O–H groups in total. The molecular formula is C13H17N3OS. The van der Waals surface area contributed by atoms with Crippen LogP contribution in [0.4, 0.5) is 5.13 Å². The van der Waals surface area contributed by atoms with Gasteiger partial charge < -0.3 is 10.1 Å². The molecule has 0 unspecified atom stereocenters. The summed E-state index contributed by atoms with van der Waals surface area (Å²) >= 11 is 1.53. The van der Waals surface area contributed by atoms with Gasteiger partial charge in [-0.15, -0.1) is 10.2 Å². The average Bonchev–Trinajstić information content (AvgIpc) is 2.85. The molecule has 0 fully saturated rings. The number of benzene rings is 1. The monoisotopic (exact) mass is 263 g/mol. The minimum absolute atomic E-state index is 0.467. The minimum Gasteiger partial charge on any atom is -0.486 e. The van der Waals surface area contributed by atoms with E-state index in [-0.39, 0.29) is 0 Å². The zero-order valence-electron chi connectivity index (χ0n) is 10.6. The molecular weight excluding hydrogens is 246 g/mol. The van der Waals surface area contributed by atoms with Crippen LogP contribution in [0.3, 0.4) is 0 Å². The molecule has 2 rings (SSSR count). The van der Waals surface area contributed by atoms with Crippen molar-refractivity contribution in [1.82, 2.24) is 10.2 Å². The topological polar surface area (TPSA) is 47.0 Å². The Bertz CT molecular complexity index is 481. The molecule has 0 saturated heterocycles. The fourth-order valence-corrected chi connectivity index (χ4v) is 2.22. The second-order valence-corrected chi connectivity index (χ2v) is 4.88. The van der Waals surface area contributed by atoms with Gasteiger partial charge in [0.15, 0.2) is 5.01 Å². The maximum Gasteiger partial charge on any atom is 0.205 e. The van der Waals surface area contributed by atoms with Crippen LogP contribution in [0.2, 0.25) is 0 Å². The lowest BCUT2D eigenvalue weighted by Gasteiger charge is -2.04. The van der Waals surface area contributed by atoms with Crippen molar-refractivity contribution in [3.05, 3.63) is 34.8 Å². The highest BCUT2D eigenvalue weighted by atomic mass is 32.1. The molecule has 0 spiro atoms. The average molecular weight is 263 g/mol. The Morgan fingerprint density at radius 3 is 2.61 bits per heavy atom. The first-order valence-corrected chi connectivity index (χ1v) is 6.91. The van der Waals surface area contributed by atoms with Gasteiger partial charge in [-0.25, -0.2) is 0 Å². The van der Waals surface area contributed by atoms with Gasteiger partial charge in [0.25, 0.3) is 0 Å². The largest absolute Gasteiger partial charge is 0.486 e. The Kier molecular flexibility index (Phi) is 4.52. The Morgan fingerprint density at radius 1 is 1.17 bits per heavy atom. The first-order chi connectivity index (χ1) is 8.81. The standard InChI is InChI=1S/C13H17N3OS/c1-3-10-5-7-11(8-6-10)17-9-12-15-16-13(18-12)14-4-2/h5-8H,3-4,9H2,1-2H3,(H,14,16). The number of nitrogens with zero attached hydrogens (tertiary/aromatic N) is 2. The van der Waals surface area contributed by atoms with E-state index in [4.69, 9.17) is 4.74 Å². The highest BCUT2D eigenvalue weighted by molar-refractivity contribution is 7.15. The third kappa shape index (κ3) is 3.43. The van der Waals surface area contributed by atoms with E-state index in [9.17, 15) is 0 Å². The van der Waals surface area contributed by atoms with Gasteiger partial charge in [-0.3, -0.25) is 0 Å². The number of hydrogen-bond donors (Lipinski definition) is 1. The summed E-state index contributed by atoms with van der Waals surface area (Å²) in [6.07, 6.45) is 1.04. The van der Waals surface area contributed by atoms with Crippen LogP contribution in [0, 0.1) is 0 Å². The summed E-state index contributed by atoms with van der Waals surface area (Å²) < 4.78 is 5.66. The van der Waals surface area contributed by atoms with Gasteiger partial charge in [0.1, 0.15) is 12.4 Å². The molecule has 0 saturated carbocycles. The van der Waals surface area contributed by atoms with Crippen molar-refractivity contribution in [2.45, 2.75) is 26.9 Å². The van der Waals surface area contributed by atoms with E-state index >= 15 is 0 Å². The molecule has 0 aliphatic heterocycles. The molecule has 18 heavy (non-hydrogen) atoms. The summed E-state index contributed by atoms with van der Waals surface area (Å²) in [6.45, 7) is 5.49. The number of ether oxygens (including phenoxy) is 1. The normalized spacial score (nSPS) is 10.3. The van der Waals surface area contributed by atoms with E-state index < -0.39 is 0 Å². The summed E-state index contributed by atoms with van der Waals surface area (Å²) in [5, 5.41) is 12.9. The molecule has 0 atom stereocenters. The molecule has 0 radical (unpaired) electrons. The Hall–Kier alpha value is -1.62. The van der Waals surface area contributed by atoms with Crippen LogP contribution in [0.5, 0.6) is 5.75 Å². The third-order valence-electron chi connectivity index (χ3n) is 2.49. The van der Waals surface area contributed by atoms with Crippen molar-refractivity contribution >= 4 is 16.5 Å². The molecule has 0 aliphatic rings. The van der Waals surface area contributed by atoms with E-state index in [2.05, 4.69) is 34.6 Å². The number of rotatable bonds is 6. The Balaban J connectivity index is 1.89. The van der Waals surface area contributed by atoms with Crippen molar-refractivity contribution in [2.75, 3.05) is 11.9 Å². The van der Waals surface area contributed by atoms with Gasteiger partial charge in [0.2, 0.25) is 5.13 Å². The molecule has 1 aromatic carbocycles. The van der Waals surface area contributed by atoms with Crippen molar-refractivity contribution in [3.63, 3.8) is 0 Å². The fraction of sp³-hybridized carbons (Fsp3) is 0.385.